The Labute approximate surface area is 145 Å². The SMILES string of the molecule is CC(C)(C)[S+]([O-])NC(CC(=O)O)c1cccc(-c2ccccc2)n1. The van der Waals surface area contributed by atoms with E-state index in [1.165, 1.54) is 0 Å². The molecule has 1 heterocycles. The molecule has 0 aliphatic heterocycles. The second-order valence-corrected chi connectivity index (χ2v) is 8.46. The Morgan fingerprint density at radius 3 is 2.46 bits per heavy atom. The molecule has 0 saturated carbocycles. The van der Waals surface area contributed by atoms with Crippen molar-refractivity contribution in [3.05, 3.63) is 54.2 Å². The van der Waals surface area contributed by atoms with Crippen molar-refractivity contribution in [2.45, 2.75) is 38.0 Å². The average Bonchev–Trinajstić information content (AvgIpc) is 2.54. The molecule has 6 heteroatoms. The van der Waals surface area contributed by atoms with E-state index in [4.69, 9.17) is 0 Å². The van der Waals surface area contributed by atoms with Crippen LogP contribution < -0.4 is 4.72 Å². The van der Waals surface area contributed by atoms with E-state index in [-0.39, 0.29) is 6.42 Å². The van der Waals surface area contributed by atoms with Crippen LogP contribution in [0.5, 0.6) is 0 Å². The van der Waals surface area contributed by atoms with E-state index in [2.05, 4.69) is 9.71 Å². The number of aromatic nitrogens is 1. The number of rotatable bonds is 6. The minimum Gasteiger partial charge on any atom is -0.598 e. The normalized spacial score (nSPS) is 14.2. The van der Waals surface area contributed by atoms with Gasteiger partial charge in [0.2, 0.25) is 0 Å². The maximum atomic E-state index is 12.4. The summed E-state index contributed by atoms with van der Waals surface area (Å²) in [5.74, 6) is -0.967. The predicted molar refractivity (Wildman–Crippen MR) is 95.7 cm³/mol. The minimum absolute atomic E-state index is 0.187. The summed E-state index contributed by atoms with van der Waals surface area (Å²) >= 11 is -1.39. The van der Waals surface area contributed by atoms with Crippen LogP contribution in [0, 0.1) is 0 Å². The van der Waals surface area contributed by atoms with Crippen LogP contribution in [0.1, 0.15) is 38.9 Å². The highest BCUT2D eigenvalue weighted by Crippen LogP contribution is 2.24. The lowest BCUT2D eigenvalue weighted by Gasteiger charge is -2.27. The van der Waals surface area contributed by atoms with Gasteiger partial charge in [0.1, 0.15) is 10.8 Å². The zero-order chi connectivity index (χ0) is 17.7. The van der Waals surface area contributed by atoms with Crippen molar-refractivity contribution < 1.29 is 14.5 Å². The number of nitrogens with zero attached hydrogens (tertiary/aromatic N) is 1. The lowest BCUT2D eigenvalue weighted by atomic mass is 10.1. The number of carbonyl (C=O) groups is 1. The summed E-state index contributed by atoms with van der Waals surface area (Å²) in [6.07, 6.45) is -0.187. The van der Waals surface area contributed by atoms with Gasteiger partial charge in [-0.05, 0) is 32.9 Å². The van der Waals surface area contributed by atoms with Crippen LogP contribution >= 0.6 is 0 Å². The van der Waals surface area contributed by atoms with E-state index in [0.717, 1.165) is 11.3 Å². The molecule has 128 valence electrons. The molecule has 0 amide bonds. The van der Waals surface area contributed by atoms with Gasteiger partial charge in [-0.1, -0.05) is 36.4 Å². The monoisotopic (exact) mass is 346 g/mol. The molecule has 0 bridgehead atoms. The Hall–Kier alpha value is -1.89. The van der Waals surface area contributed by atoms with E-state index in [1.54, 1.807) is 6.07 Å². The number of nitrogens with one attached hydrogen (secondary N) is 1. The number of benzene rings is 1. The van der Waals surface area contributed by atoms with E-state index in [9.17, 15) is 14.5 Å². The number of carboxylic acid groups (broad SMARTS) is 1. The number of pyridine rings is 1. The van der Waals surface area contributed by atoms with Gasteiger partial charge in [-0.2, -0.15) is 0 Å². The summed E-state index contributed by atoms with van der Waals surface area (Å²) in [5, 5.41) is 9.18. The Balaban J connectivity index is 2.31. The number of aliphatic carboxylic acids is 1. The van der Waals surface area contributed by atoms with E-state index in [1.807, 2.05) is 63.2 Å². The second-order valence-electron chi connectivity index (χ2n) is 6.46. The van der Waals surface area contributed by atoms with Crippen LogP contribution in [0.25, 0.3) is 11.3 Å². The maximum absolute atomic E-state index is 12.4. The molecule has 0 spiro atoms. The third-order valence-electron chi connectivity index (χ3n) is 3.38. The summed E-state index contributed by atoms with van der Waals surface area (Å²) in [6.45, 7) is 5.51. The first kappa shape index (κ1) is 18.4. The highest BCUT2D eigenvalue weighted by Gasteiger charge is 2.31. The van der Waals surface area contributed by atoms with Crippen molar-refractivity contribution in [2.24, 2.45) is 0 Å². The molecule has 2 atom stereocenters. The molecule has 0 aliphatic rings. The van der Waals surface area contributed by atoms with Crippen LogP contribution in [-0.4, -0.2) is 25.4 Å². The van der Waals surface area contributed by atoms with Gasteiger partial charge in [-0.3, -0.25) is 9.78 Å². The first-order chi connectivity index (χ1) is 11.3. The molecule has 1 aromatic carbocycles. The van der Waals surface area contributed by atoms with E-state index in [0.29, 0.717) is 5.69 Å². The highest BCUT2D eigenvalue weighted by molar-refractivity contribution is 7.90. The van der Waals surface area contributed by atoms with Crippen LogP contribution in [0.2, 0.25) is 0 Å². The molecule has 2 rings (SSSR count). The van der Waals surface area contributed by atoms with Gasteiger partial charge in [0.15, 0.2) is 0 Å². The predicted octanol–water partition coefficient (Wildman–Crippen LogP) is 3.32. The zero-order valence-electron chi connectivity index (χ0n) is 14.0. The van der Waals surface area contributed by atoms with Gasteiger partial charge >= 0.3 is 5.97 Å². The van der Waals surface area contributed by atoms with Crippen molar-refractivity contribution in [2.75, 3.05) is 0 Å². The molecule has 5 nitrogen and oxygen atoms in total. The molecular weight excluding hydrogens is 324 g/mol. The third kappa shape index (κ3) is 5.06. The minimum atomic E-state index is -1.39. The fourth-order valence-corrected chi connectivity index (χ4v) is 2.92. The number of hydrogen-bond donors (Lipinski definition) is 2. The van der Waals surface area contributed by atoms with Crippen LogP contribution in [0.4, 0.5) is 0 Å². The molecule has 2 aromatic rings. The second kappa shape index (κ2) is 7.79. The fraction of sp³-hybridized carbons (Fsp3) is 0.333. The molecule has 2 unspecified atom stereocenters. The van der Waals surface area contributed by atoms with Gasteiger partial charge in [0.25, 0.3) is 0 Å². The lowest BCUT2D eigenvalue weighted by molar-refractivity contribution is -0.137. The van der Waals surface area contributed by atoms with Crippen molar-refractivity contribution in [3.8, 4) is 11.3 Å². The van der Waals surface area contributed by atoms with Gasteiger partial charge < -0.3 is 9.66 Å². The lowest BCUT2D eigenvalue weighted by Crippen LogP contribution is -2.42. The van der Waals surface area contributed by atoms with Crippen molar-refractivity contribution in [1.82, 2.24) is 9.71 Å². The Morgan fingerprint density at radius 1 is 1.21 bits per heavy atom. The summed E-state index contributed by atoms with van der Waals surface area (Å²) in [5.41, 5.74) is 2.27. The molecule has 0 fully saturated rings. The average molecular weight is 346 g/mol. The topological polar surface area (TPSA) is 85.3 Å². The first-order valence-electron chi connectivity index (χ1n) is 7.69. The van der Waals surface area contributed by atoms with Crippen LogP contribution in [0.15, 0.2) is 48.5 Å². The first-order valence-corrected chi connectivity index (χ1v) is 8.84. The zero-order valence-corrected chi connectivity index (χ0v) is 14.8. The summed E-state index contributed by atoms with van der Waals surface area (Å²) < 4.78 is 14.8. The van der Waals surface area contributed by atoms with Crippen LogP contribution in [0.3, 0.4) is 0 Å². The van der Waals surface area contributed by atoms with E-state index < -0.39 is 28.1 Å². The van der Waals surface area contributed by atoms with E-state index >= 15 is 0 Å². The highest BCUT2D eigenvalue weighted by atomic mass is 32.2. The largest absolute Gasteiger partial charge is 0.598 e. The van der Waals surface area contributed by atoms with Crippen LogP contribution in [-0.2, 0) is 16.2 Å². The van der Waals surface area contributed by atoms with Crippen molar-refractivity contribution in [3.63, 3.8) is 0 Å². The molecule has 24 heavy (non-hydrogen) atoms. The molecule has 0 radical (unpaired) electrons. The Morgan fingerprint density at radius 2 is 1.88 bits per heavy atom. The summed E-state index contributed by atoms with van der Waals surface area (Å²) in [4.78, 5) is 15.8. The van der Waals surface area contributed by atoms with Gasteiger partial charge in [-0.15, -0.1) is 4.72 Å². The van der Waals surface area contributed by atoms with Crippen molar-refractivity contribution in [1.29, 1.82) is 0 Å². The smallest absolute Gasteiger partial charge is 0.305 e. The van der Waals surface area contributed by atoms with Gasteiger partial charge in [0.05, 0.1) is 17.8 Å². The Bertz CT molecular complexity index is 686. The Kier molecular flexibility index (Phi) is 5.99. The molecule has 1 aromatic heterocycles. The van der Waals surface area contributed by atoms with Gasteiger partial charge in [0, 0.05) is 16.9 Å². The standard InChI is InChI=1S/C18H22N2O3S/c1-18(2,3)24(23)20-16(12-17(21)22)15-11-7-10-14(19-15)13-8-5-4-6-9-13/h4-11,16,20H,12H2,1-3H3,(H,21,22). The number of hydrogen-bond acceptors (Lipinski definition) is 4. The maximum Gasteiger partial charge on any atom is 0.305 e. The quantitative estimate of drug-likeness (QED) is 0.784. The molecule has 2 N–H and O–H groups in total. The summed E-state index contributed by atoms with van der Waals surface area (Å²) in [6, 6.07) is 14.5. The number of carboxylic acids is 1. The van der Waals surface area contributed by atoms with Crippen molar-refractivity contribution >= 4 is 17.3 Å². The fourth-order valence-electron chi connectivity index (χ4n) is 2.10. The van der Waals surface area contributed by atoms with Gasteiger partial charge in [-0.25, -0.2) is 0 Å². The summed E-state index contributed by atoms with van der Waals surface area (Å²) in [7, 11) is 0. The molecule has 0 aliphatic carbocycles. The molecular formula is C18H22N2O3S. The third-order valence-corrected chi connectivity index (χ3v) is 4.99. The molecule has 0 saturated heterocycles.